The molecule has 27 heavy (non-hydrogen) atoms. The van der Waals surface area contributed by atoms with E-state index in [9.17, 15) is 14.4 Å². The largest absolute Gasteiger partial charge is 0.462 e. The standard InChI is InChI=1S/C19H26N2O6/c1-18(2,3)16(23)25-9-10-13(27-17(24)19(4,5)6)12-14-20-11(22)7-8-21(14)15(12)26-10/h7-8,10,12-13,15H,9H2,1-6H3. The quantitative estimate of drug-likeness (QED) is 0.740. The maximum atomic E-state index is 12.4. The lowest BCUT2D eigenvalue weighted by Crippen LogP contribution is -2.43. The van der Waals surface area contributed by atoms with E-state index in [1.165, 1.54) is 6.07 Å². The van der Waals surface area contributed by atoms with Crippen molar-refractivity contribution in [2.45, 2.75) is 65.9 Å². The molecule has 4 atom stereocenters. The molecule has 2 aliphatic rings. The lowest BCUT2D eigenvalue weighted by molar-refractivity contribution is -0.167. The van der Waals surface area contributed by atoms with E-state index >= 15 is 0 Å². The van der Waals surface area contributed by atoms with Crippen molar-refractivity contribution >= 4 is 11.9 Å². The Morgan fingerprint density at radius 3 is 2.37 bits per heavy atom. The van der Waals surface area contributed by atoms with Crippen LogP contribution < -0.4 is 5.56 Å². The molecule has 0 spiro atoms. The molecule has 8 nitrogen and oxygen atoms in total. The molecule has 3 rings (SSSR count). The van der Waals surface area contributed by atoms with Crippen molar-refractivity contribution in [2.24, 2.45) is 10.8 Å². The minimum absolute atomic E-state index is 0.0377. The first kappa shape index (κ1) is 19.5. The third kappa shape index (κ3) is 3.63. The molecular weight excluding hydrogens is 352 g/mol. The molecule has 1 saturated heterocycles. The Morgan fingerprint density at radius 1 is 1.15 bits per heavy atom. The Balaban J connectivity index is 1.82. The second kappa shape index (κ2) is 6.44. The van der Waals surface area contributed by atoms with Gasteiger partial charge in [-0.15, -0.1) is 0 Å². The van der Waals surface area contributed by atoms with Gasteiger partial charge in [0.2, 0.25) is 0 Å². The molecule has 1 aromatic rings. The van der Waals surface area contributed by atoms with E-state index in [-0.39, 0.29) is 30.0 Å². The zero-order valence-corrected chi connectivity index (χ0v) is 16.5. The molecule has 1 aromatic heterocycles. The normalized spacial score (nSPS) is 26.6. The van der Waals surface area contributed by atoms with Gasteiger partial charge in [0.15, 0.2) is 0 Å². The predicted octanol–water partition coefficient (Wildman–Crippen LogP) is 1.79. The summed E-state index contributed by atoms with van der Waals surface area (Å²) >= 11 is 0. The van der Waals surface area contributed by atoms with E-state index < -0.39 is 29.3 Å². The summed E-state index contributed by atoms with van der Waals surface area (Å²) in [6.45, 7) is 10.5. The van der Waals surface area contributed by atoms with E-state index in [4.69, 9.17) is 14.2 Å². The van der Waals surface area contributed by atoms with Crippen LogP contribution in [0.5, 0.6) is 0 Å². The Bertz CT molecular complexity index is 817. The molecule has 0 aromatic carbocycles. The summed E-state index contributed by atoms with van der Waals surface area (Å²) in [5.74, 6) is -0.593. The fourth-order valence-electron chi connectivity index (χ4n) is 3.01. The maximum Gasteiger partial charge on any atom is 0.311 e. The first-order valence-corrected chi connectivity index (χ1v) is 9.02. The summed E-state index contributed by atoms with van der Waals surface area (Å²) in [4.78, 5) is 40.2. The van der Waals surface area contributed by atoms with Crippen LogP contribution in [0.25, 0.3) is 0 Å². The fraction of sp³-hybridized carbons (Fsp3) is 0.684. The summed E-state index contributed by atoms with van der Waals surface area (Å²) < 4.78 is 18.8. The third-order valence-corrected chi connectivity index (χ3v) is 4.63. The number of rotatable bonds is 3. The highest BCUT2D eigenvalue weighted by molar-refractivity contribution is 5.76. The average Bonchev–Trinajstić information content (AvgIpc) is 2.83. The van der Waals surface area contributed by atoms with E-state index in [0.717, 1.165) is 0 Å². The highest BCUT2D eigenvalue weighted by Gasteiger charge is 2.57. The lowest BCUT2D eigenvalue weighted by atomic mass is 9.91. The summed E-state index contributed by atoms with van der Waals surface area (Å²) in [6, 6.07) is 1.35. The van der Waals surface area contributed by atoms with Gasteiger partial charge in [0.05, 0.1) is 10.8 Å². The van der Waals surface area contributed by atoms with Crippen LogP contribution in [0, 0.1) is 10.8 Å². The molecule has 0 amide bonds. The summed E-state index contributed by atoms with van der Waals surface area (Å²) in [7, 11) is 0. The van der Waals surface area contributed by atoms with Crippen molar-refractivity contribution in [3.63, 3.8) is 0 Å². The average molecular weight is 378 g/mol. The van der Waals surface area contributed by atoms with Crippen molar-refractivity contribution < 1.29 is 23.8 Å². The summed E-state index contributed by atoms with van der Waals surface area (Å²) in [5, 5.41) is 0. The molecular formula is C19H26N2O6. The summed E-state index contributed by atoms with van der Waals surface area (Å²) in [6.07, 6.45) is -0.0970. The topological polar surface area (TPSA) is 96.7 Å². The van der Waals surface area contributed by atoms with Crippen molar-refractivity contribution in [1.82, 2.24) is 9.55 Å². The van der Waals surface area contributed by atoms with Crippen LogP contribution in [0.2, 0.25) is 0 Å². The van der Waals surface area contributed by atoms with E-state index in [1.807, 2.05) is 0 Å². The number of carbonyl (C=O) groups is 2. The molecule has 3 heterocycles. The Labute approximate surface area is 157 Å². The molecule has 0 saturated carbocycles. The maximum absolute atomic E-state index is 12.4. The van der Waals surface area contributed by atoms with E-state index in [2.05, 4.69) is 4.98 Å². The number of hydrogen-bond acceptors (Lipinski definition) is 7. The van der Waals surface area contributed by atoms with Crippen LogP contribution >= 0.6 is 0 Å². The number of hydrogen-bond donors (Lipinski definition) is 0. The Morgan fingerprint density at radius 2 is 1.78 bits per heavy atom. The predicted molar refractivity (Wildman–Crippen MR) is 94.9 cm³/mol. The van der Waals surface area contributed by atoms with Gasteiger partial charge in [-0.3, -0.25) is 14.4 Å². The molecule has 4 unspecified atom stereocenters. The van der Waals surface area contributed by atoms with Crippen molar-refractivity contribution in [3.05, 3.63) is 28.4 Å². The number of fused-ring (bicyclic) bond motifs is 4. The van der Waals surface area contributed by atoms with Gasteiger partial charge in [0.1, 0.15) is 36.8 Å². The van der Waals surface area contributed by atoms with Crippen LogP contribution in [-0.2, 0) is 23.8 Å². The molecule has 0 N–H and O–H groups in total. The van der Waals surface area contributed by atoms with Crippen molar-refractivity contribution in [1.29, 1.82) is 0 Å². The Hall–Kier alpha value is -2.22. The first-order chi connectivity index (χ1) is 12.4. The van der Waals surface area contributed by atoms with Crippen LogP contribution in [0.15, 0.2) is 17.1 Å². The van der Waals surface area contributed by atoms with E-state index in [1.54, 1.807) is 52.3 Å². The number of carbonyl (C=O) groups excluding carboxylic acids is 2. The number of esters is 2. The molecule has 0 radical (unpaired) electrons. The SMILES string of the molecule is CC(C)(C)C(=O)OCC1OC2C(c3nc(=O)ccn32)C1OC(=O)C(C)(C)C. The van der Waals surface area contributed by atoms with Crippen LogP contribution in [0.1, 0.15) is 59.5 Å². The zero-order chi connectivity index (χ0) is 20.1. The fourth-order valence-corrected chi connectivity index (χ4v) is 3.01. The van der Waals surface area contributed by atoms with Crippen LogP contribution in [-0.4, -0.2) is 40.3 Å². The minimum Gasteiger partial charge on any atom is -0.462 e. The van der Waals surface area contributed by atoms with Crippen LogP contribution in [0.3, 0.4) is 0 Å². The van der Waals surface area contributed by atoms with E-state index in [0.29, 0.717) is 5.82 Å². The number of aromatic nitrogens is 2. The zero-order valence-electron chi connectivity index (χ0n) is 16.5. The van der Waals surface area contributed by atoms with Gasteiger partial charge in [-0.05, 0) is 41.5 Å². The second-order valence-electron chi connectivity index (χ2n) is 9.09. The molecule has 1 fully saturated rings. The monoisotopic (exact) mass is 378 g/mol. The van der Waals surface area contributed by atoms with Gasteiger partial charge in [-0.25, -0.2) is 0 Å². The van der Waals surface area contributed by atoms with Crippen molar-refractivity contribution in [3.8, 4) is 0 Å². The lowest BCUT2D eigenvalue weighted by Gasteiger charge is -2.36. The van der Waals surface area contributed by atoms with Gasteiger partial charge >= 0.3 is 11.9 Å². The van der Waals surface area contributed by atoms with Crippen LogP contribution in [0.4, 0.5) is 0 Å². The van der Waals surface area contributed by atoms with Gasteiger partial charge in [0, 0.05) is 12.3 Å². The molecule has 148 valence electrons. The first-order valence-electron chi connectivity index (χ1n) is 9.02. The third-order valence-electron chi connectivity index (χ3n) is 4.63. The Kier molecular flexibility index (Phi) is 4.66. The molecule has 8 heteroatoms. The summed E-state index contributed by atoms with van der Waals surface area (Å²) in [5.41, 5.74) is -1.70. The minimum atomic E-state index is -0.696. The molecule has 0 aliphatic carbocycles. The second-order valence-corrected chi connectivity index (χ2v) is 9.09. The number of nitrogens with zero attached hydrogens (tertiary/aromatic N) is 2. The molecule has 0 bridgehead atoms. The van der Waals surface area contributed by atoms with Crippen molar-refractivity contribution in [2.75, 3.05) is 6.61 Å². The van der Waals surface area contributed by atoms with Gasteiger partial charge in [0.25, 0.3) is 5.56 Å². The highest BCUT2D eigenvalue weighted by Crippen LogP contribution is 2.50. The smallest absolute Gasteiger partial charge is 0.311 e. The molecule has 2 aliphatic heterocycles. The number of ether oxygens (including phenoxy) is 3. The van der Waals surface area contributed by atoms with Gasteiger partial charge < -0.3 is 18.8 Å². The van der Waals surface area contributed by atoms with Gasteiger partial charge in [-0.1, -0.05) is 0 Å². The highest BCUT2D eigenvalue weighted by atomic mass is 16.6. The van der Waals surface area contributed by atoms with Gasteiger partial charge in [-0.2, -0.15) is 4.98 Å².